The Hall–Kier alpha value is -2.04. The molecule has 2 atom stereocenters. The molecule has 1 aromatic rings. The molecule has 114 valence electrons. The Kier molecular flexibility index (Phi) is 5.20. The Labute approximate surface area is 124 Å². The lowest BCUT2D eigenvalue weighted by atomic mass is 9.79. The van der Waals surface area contributed by atoms with E-state index < -0.39 is 5.97 Å². The summed E-state index contributed by atoms with van der Waals surface area (Å²) >= 11 is 0. The van der Waals surface area contributed by atoms with Crippen LogP contribution in [0, 0.1) is 11.8 Å². The maximum absolute atomic E-state index is 12.0. The fourth-order valence-electron chi connectivity index (χ4n) is 2.95. The number of rotatable bonds is 5. The van der Waals surface area contributed by atoms with Crippen molar-refractivity contribution in [1.82, 2.24) is 5.32 Å². The fourth-order valence-corrected chi connectivity index (χ4v) is 2.95. The summed E-state index contributed by atoms with van der Waals surface area (Å²) in [6.07, 6.45) is 3.81. The highest BCUT2D eigenvalue weighted by atomic mass is 16.4. The average molecular weight is 290 g/mol. The topological polar surface area (TPSA) is 92.4 Å². The van der Waals surface area contributed by atoms with Crippen LogP contribution in [0.25, 0.3) is 0 Å². The predicted octanol–water partition coefficient (Wildman–Crippen LogP) is 1.82. The molecule has 2 unspecified atom stereocenters. The van der Waals surface area contributed by atoms with Crippen molar-refractivity contribution in [2.75, 3.05) is 12.3 Å². The van der Waals surface area contributed by atoms with E-state index >= 15 is 0 Å². The second-order valence-corrected chi connectivity index (χ2v) is 5.67. The smallest absolute Gasteiger partial charge is 0.306 e. The van der Waals surface area contributed by atoms with E-state index in [1.165, 1.54) is 0 Å². The number of nitrogens with one attached hydrogen (secondary N) is 1. The molecule has 0 radical (unpaired) electrons. The first kappa shape index (κ1) is 15.4. The number of aliphatic carboxylic acids is 1. The zero-order valence-corrected chi connectivity index (χ0v) is 12.0. The van der Waals surface area contributed by atoms with E-state index in [0.29, 0.717) is 18.7 Å². The van der Waals surface area contributed by atoms with Gasteiger partial charge in [-0.15, -0.1) is 0 Å². The highest BCUT2D eigenvalue weighted by molar-refractivity contribution is 5.80. The molecule has 5 heteroatoms. The summed E-state index contributed by atoms with van der Waals surface area (Å²) in [7, 11) is 0. The van der Waals surface area contributed by atoms with Gasteiger partial charge in [-0.3, -0.25) is 9.59 Å². The van der Waals surface area contributed by atoms with E-state index in [-0.39, 0.29) is 24.2 Å². The largest absolute Gasteiger partial charge is 0.481 e. The zero-order chi connectivity index (χ0) is 15.2. The minimum atomic E-state index is -0.749. The molecule has 1 aliphatic carbocycles. The number of benzene rings is 1. The highest BCUT2D eigenvalue weighted by Crippen LogP contribution is 2.29. The molecule has 1 fully saturated rings. The minimum Gasteiger partial charge on any atom is -0.481 e. The molecular formula is C16H22N2O3. The van der Waals surface area contributed by atoms with Crippen molar-refractivity contribution in [3.63, 3.8) is 0 Å². The summed E-state index contributed by atoms with van der Waals surface area (Å²) in [6.45, 7) is 0.433. The molecule has 1 aromatic carbocycles. The summed E-state index contributed by atoms with van der Waals surface area (Å²) in [4.78, 5) is 23.2. The van der Waals surface area contributed by atoms with E-state index in [9.17, 15) is 14.7 Å². The summed E-state index contributed by atoms with van der Waals surface area (Å²) in [6, 6.07) is 7.27. The van der Waals surface area contributed by atoms with Crippen LogP contribution in [-0.2, 0) is 16.0 Å². The lowest BCUT2D eigenvalue weighted by molar-refractivity contribution is -0.145. The third-order valence-electron chi connectivity index (χ3n) is 4.19. The second-order valence-electron chi connectivity index (χ2n) is 5.67. The molecule has 0 bridgehead atoms. The number of nitrogen functional groups attached to an aromatic ring is 1. The van der Waals surface area contributed by atoms with Crippen molar-refractivity contribution in [1.29, 1.82) is 0 Å². The van der Waals surface area contributed by atoms with Crippen molar-refractivity contribution in [3.8, 4) is 0 Å². The SMILES string of the molecule is Nc1ccccc1CC(=O)NCC1CCCCC1C(=O)O. The van der Waals surface area contributed by atoms with Gasteiger partial charge in [0.15, 0.2) is 0 Å². The number of hydrogen-bond acceptors (Lipinski definition) is 3. The average Bonchev–Trinajstić information content (AvgIpc) is 2.48. The summed E-state index contributed by atoms with van der Waals surface area (Å²) in [5.74, 6) is -1.15. The maximum atomic E-state index is 12.0. The third-order valence-corrected chi connectivity index (χ3v) is 4.19. The van der Waals surface area contributed by atoms with Gasteiger partial charge in [-0.1, -0.05) is 31.0 Å². The number of carbonyl (C=O) groups is 2. The van der Waals surface area contributed by atoms with Crippen LogP contribution in [0.15, 0.2) is 24.3 Å². The first-order chi connectivity index (χ1) is 10.1. The molecular weight excluding hydrogens is 268 g/mol. The van der Waals surface area contributed by atoms with Crippen molar-refractivity contribution < 1.29 is 14.7 Å². The molecule has 1 aliphatic rings. The maximum Gasteiger partial charge on any atom is 0.306 e. The van der Waals surface area contributed by atoms with E-state index in [2.05, 4.69) is 5.32 Å². The number of carboxylic acids is 1. The number of nitrogens with two attached hydrogens (primary N) is 1. The summed E-state index contributed by atoms with van der Waals surface area (Å²) in [5.41, 5.74) is 7.22. The molecule has 0 aliphatic heterocycles. The van der Waals surface area contributed by atoms with E-state index in [0.717, 1.165) is 24.8 Å². The number of carbonyl (C=O) groups excluding carboxylic acids is 1. The minimum absolute atomic E-state index is 0.0355. The molecule has 2 rings (SSSR count). The third kappa shape index (κ3) is 4.21. The summed E-state index contributed by atoms with van der Waals surface area (Å²) in [5, 5.41) is 12.1. The van der Waals surface area contributed by atoms with Crippen LogP contribution in [0.4, 0.5) is 5.69 Å². The monoisotopic (exact) mass is 290 g/mol. The lowest BCUT2D eigenvalue weighted by Crippen LogP contribution is -2.37. The number of carboxylic acid groups (broad SMARTS) is 1. The molecule has 0 heterocycles. The molecule has 0 aromatic heterocycles. The molecule has 0 saturated heterocycles. The number of amides is 1. The lowest BCUT2D eigenvalue weighted by Gasteiger charge is -2.28. The summed E-state index contributed by atoms with van der Waals surface area (Å²) < 4.78 is 0. The van der Waals surface area contributed by atoms with Crippen LogP contribution >= 0.6 is 0 Å². The van der Waals surface area contributed by atoms with Gasteiger partial charge in [-0.05, 0) is 30.4 Å². The van der Waals surface area contributed by atoms with Crippen molar-refractivity contribution >= 4 is 17.6 Å². The normalized spacial score (nSPS) is 21.7. The fraction of sp³-hybridized carbons (Fsp3) is 0.500. The van der Waals surface area contributed by atoms with Crippen LogP contribution in [0.2, 0.25) is 0 Å². The first-order valence-electron chi connectivity index (χ1n) is 7.41. The Morgan fingerprint density at radius 3 is 2.67 bits per heavy atom. The van der Waals surface area contributed by atoms with E-state index in [1.807, 2.05) is 18.2 Å². The Morgan fingerprint density at radius 1 is 1.24 bits per heavy atom. The van der Waals surface area contributed by atoms with Gasteiger partial charge in [0.2, 0.25) is 5.91 Å². The van der Waals surface area contributed by atoms with Crippen LogP contribution in [0.3, 0.4) is 0 Å². The van der Waals surface area contributed by atoms with Gasteiger partial charge in [0.05, 0.1) is 12.3 Å². The van der Waals surface area contributed by atoms with Crippen LogP contribution in [0.5, 0.6) is 0 Å². The predicted molar refractivity (Wildman–Crippen MR) is 80.7 cm³/mol. The van der Waals surface area contributed by atoms with Crippen LogP contribution < -0.4 is 11.1 Å². The Balaban J connectivity index is 1.86. The van der Waals surface area contributed by atoms with Crippen molar-refractivity contribution in [3.05, 3.63) is 29.8 Å². The van der Waals surface area contributed by atoms with E-state index in [1.54, 1.807) is 6.07 Å². The number of anilines is 1. The van der Waals surface area contributed by atoms with Gasteiger partial charge >= 0.3 is 5.97 Å². The molecule has 0 spiro atoms. The van der Waals surface area contributed by atoms with E-state index in [4.69, 9.17) is 5.73 Å². The number of para-hydroxylation sites is 1. The van der Waals surface area contributed by atoms with Crippen molar-refractivity contribution in [2.24, 2.45) is 11.8 Å². The first-order valence-corrected chi connectivity index (χ1v) is 7.41. The second kappa shape index (κ2) is 7.11. The molecule has 1 saturated carbocycles. The van der Waals surface area contributed by atoms with Gasteiger partial charge in [0.1, 0.15) is 0 Å². The van der Waals surface area contributed by atoms with Gasteiger partial charge in [0.25, 0.3) is 0 Å². The molecule has 4 N–H and O–H groups in total. The van der Waals surface area contributed by atoms with Crippen LogP contribution in [0.1, 0.15) is 31.2 Å². The molecule has 5 nitrogen and oxygen atoms in total. The zero-order valence-electron chi connectivity index (χ0n) is 12.0. The van der Waals surface area contributed by atoms with Gasteiger partial charge in [0, 0.05) is 12.2 Å². The van der Waals surface area contributed by atoms with Crippen molar-refractivity contribution in [2.45, 2.75) is 32.1 Å². The standard InChI is InChI=1S/C16H22N2O3/c17-14-8-4-2-5-11(14)9-15(19)18-10-12-6-1-3-7-13(12)16(20)21/h2,4-5,8,12-13H,1,3,6-7,9-10,17H2,(H,18,19)(H,20,21). The van der Waals surface area contributed by atoms with Gasteiger partial charge in [-0.2, -0.15) is 0 Å². The number of hydrogen-bond donors (Lipinski definition) is 3. The highest BCUT2D eigenvalue weighted by Gasteiger charge is 2.30. The van der Waals surface area contributed by atoms with Gasteiger partial charge < -0.3 is 16.2 Å². The van der Waals surface area contributed by atoms with Gasteiger partial charge in [-0.25, -0.2) is 0 Å². The molecule has 1 amide bonds. The Morgan fingerprint density at radius 2 is 1.95 bits per heavy atom. The quantitative estimate of drug-likeness (QED) is 0.721. The van der Waals surface area contributed by atoms with Crippen LogP contribution in [-0.4, -0.2) is 23.5 Å². The Bertz CT molecular complexity index is 516. The molecule has 21 heavy (non-hydrogen) atoms.